The molecule has 6 unspecified atom stereocenters. The molecule has 0 radical (unpaired) electrons. The molecule has 17 heavy (non-hydrogen) atoms. The Balaban J connectivity index is 1.91. The molecule has 0 saturated carbocycles. The van der Waals surface area contributed by atoms with Crippen LogP contribution in [0, 0.1) is 11.8 Å². The summed E-state index contributed by atoms with van der Waals surface area (Å²) in [5.41, 5.74) is 0. The van der Waals surface area contributed by atoms with E-state index in [4.69, 9.17) is 9.47 Å². The molecule has 0 aromatic carbocycles. The fourth-order valence-corrected chi connectivity index (χ4v) is 3.36. The van der Waals surface area contributed by atoms with Gasteiger partial charge in [0.15, 0.2) is 0 Å². The predicted molar refractivity (Wildman–Crippen MR) is 69.4 cm³/mol. The first-order valence-electron chi connectivity index (χ1n) is 6.66. The van der Waals surface area contributed by atoms with Crippen LogP contribution in [0.25, 0.3) is 0 Å². The molecular formula is C11H22B2O4. The maximum atomic E-state index is 9.30. The highest BCUT2D eigenvalue weighted by molar-refractivity contribution is 6.11. The lowest BCUT2D eigenvalue weighted by Crippen LogP contribution is -2.27. The molecule has 0 aromatic rings. The molecule has 2 aliphatic heterocycles. The van der Waals surface area contributed by atoms with Gasteiger partial charge in [-0.25, -0.2) is 0 Å². The van der Waals surface area contributed by atoms with E-state index >= 15 is 0 Å². The highest BCUT2D eigenvalue weighted by atomic mass is 16.5. The van der Waals surface area contributed by atoms with Gasteiger partial charge < -0.3 is 19.7 Å². The van der Waals surface area contributed by atoms with Gasteiger partial charge in [0, 0.05) is 12.0 Å². The third-order valence-corrected chi connectivity index (χ3v) is 4.10. The van der Waals surface area contributed by atoms with Crippen molar-refractivity contribution >= 4 is 15.7 Å². The Morgan fingerprint density at radius 1 is 0.882 bits per heavy atom. The van der Waals surface area contributed by atoms with Crippen molar-refractivity contribution in [3.05, 3.63) is 0 Å². The molecule has 6 atom stereocenters. The van der Waals surface area contributed by atoms with Gasteiger partial charge in [-0.1, -0.05) is 0 Å². The van der Waals surface area contributed by atoms with Gasteiger partial charge in [-0.05, 0) is 31.1 Å². The maximum absolute atomic E-state index is 9.30. The molecule has 0 amide bonds. The molecule has 6 heteroatoms. The lowest BCUT2D eigenvalue weighted by atomic mass is 9.80. The van der Waals surface area contributed by atoms with Gasteiger partial charge in [0.1, 0.15) is 15.7 Å². The summed E-state index contributed by atoms with van der Waals surface area (Å²) in [5, 5.41) is 18.6. The van der Waals surface area contributed by atoms with Crippen LogP contribution in [0.3, 0.4) is 0 Å². The smallest absolute Gasteiger partial charge is 0.139 e. The number of hydrogen-bond acceptors (Lipinski definition) is 4. The molecule has 2 heterocycles. The second kappa shape index (κ2) is 5.74. The molecule has 2 fully saturated rings. The molecule has 0 aliphatic carbocycles. The Kier molecular flexibility index (Phi) is 4.53. The Bertz CT molecular complexity index is 230. The summed E-state index contributed by atoms with van der Waals surface area (Å²) in [5.74, 6) is 0.811. The third kappa shape index (κ3) is 3.05. The number of rotatable bonds is 4. The molecule has 2 saturated heterocycles. The molecule has 2 aliphatic rings. The fourth-order valence-electron chi connectivity index (χ4n) is 3.36. The summed E-state index contributed by atoms with van der Waals surface area (Å²) in [6.45, 7) is 0.198. The third-order valence-electron chi connectivity index (χ3n) is 4.10. The monoisotopic (exact) mass is 240 g/mol. The number of aliphatic hydroxyl groups is 2. The average molecular weight is 240 g/mol. The van der Waals surface area contributed by atoms with Gasteiger partial charge in [0.05, 0.1) is 25.4 Å². The van der Waals surface area contributed by atoms with E-state index in [2.05, 4.69) is 15.7 Å². The quantitative estimate of drug-likeness (QED) is 0.563. The summed E-state index contributed by atoms with van der Waals surface area (Å²) < 4.78 is 11.4. The minimum absolute atomic E-state index is 0.0275. The van der Waals surface area contributed by atoms with Gasteiger partial charge in [-0.15, -0.1) is 0 Å². The molecule has 96 valence electrons. The van der Waals surface area contributed by atoms with Crippen molar-refractivity contribution in [1.29, 1.82) is 0 Å². The standard InChI is InChI=1S/C11H22B2O4/c12-10-2-6(8(4-14)16-10)1-7-3-11(13)17-9(7)5-15/h6-11,14-15H,1-5,12-13H2. The van der Waals surface area contributed by atoms with E-state index in [1.54, 1.807) is 0 Å². The lowest BCUT2D eigenvalue weighted by Gasteiger charge is -2.22. The summed E-state index contributed by atoms with van der Waals surface area (Å²) in [7, 11) is 4.11. The van der Waals surface area contributed by atoms with Crippen molar-refractivity contribution < 1.29 is 19.7 Å². The van der Waals surface area contributed by atoms with Gasteiger partial charge in [0.25, 0.3) is 0 Å². The zero-order chi connectivity index (χ0) is 12.4. The SMILES string of the molecule is BC1CC(CC2CC(B)OC2CO)C(CO)O1. The summed E-state index contributed by atoms with van der Waals surface area (Å²) in [6, 6.07) is 0.481. The average Bonchev–Trinajstić information content (AvgIpc) is 2.82. The zero-order valence-corrected chi connectivity index (χ0v) is 10.7. The summed E-state index contributed by atoms with van der Waals surface area (Å²) in [6.07, 6.45) is 2.95. The normalized spacial score (nSPS) is 46.5. The minimum atomic E-state index is -0.0275. The first-order chi connectivity index (χ1) is 8.13. The van der Waals surface area contributed by atoms with Crippen LogP contribution < -0.4 is 0 Å². The Morgan fingerprint density at radius 2 is 1.29 bits per heavy atom. The molecule has 2 N–H and O–H groups in total. The molecular weight excluding hydrogens is 218 g/mol. The van der Waals surface area contributed by atoms with Crippen molar-refractivity contribution in [3.63, 3.8) is 0 Å². The molecule has 0 bridgehead atoms. The van der Waals surface area contributed by atoms with E-state index in [0.29, 0.717) is 11.8 Å². The molecule has 0 aromatic heterocycles. The Morgan fingerprint density at radius 3 is 1.65 bits per heavy atom. The Hall–Kier alpha value is -0.0301. The van der Waals surface area contributed by atoms with Crippen LogP contribution >= 0.6 is 0 Å². The van der Waals surface area contributed by atoms with Crippen LogP contribution in [0.15, 0.2) is 0 Å². The topological polar surface area (TPSA) is 58.9 Å². The Labute approximate surface area is 104 Å². The predicted octanol–water partition coefficient (Wildman–Crippen LogP) is -1.91. The van der Waals surface area contributed by atoms with Crippen LogP contribution in [0.1, 0.15) is 19.3 Å². The van der Waals surface area contributed by atoms with Gasteiger partial charge in [-0.3, -0.25) is 0 Å². The highest BCUT2D eigenvalue weighted by Crippen LogP contribution is 2.36. The highest BCUT2D eigenvalue weighted by Gasteiger charge is 2.39. The van der Waals surface area contributed by atoms with Gasteiger partial charge in [0.2, 0.25) is 0 Å². The lowest BCUT2D eigenvalue weighted by molar-refractivity contribution is 0.00614. The number of ether oxygens (including phenoxy) is 2. The van der Waals surface area contributed by atoms with Gasteiger partial charge in [-0.2, -0.15) is 0 Å². The van der Waals surface area contributed by atoms with E-state index < -0.39 is 0 Å². The van der Waals surface area contributed by atoms with Crippen LogP contribution in [0.5, 0.6) is 0 Å². The van der Waals surface area contributed by atoms with E-state index in [1.165, 1.54) is 0 Å². The van der Waals surface area contributed by atoms with Crippen molar-refractivity contribution in [2.75, 3.05) is 13.2 Å². The van der Waals surface area contributed by atoms with Crippen molar-refractivity contribution in [2.24, 2.45) is 11.8 Å². The number of aliphatic hydroxyl groups excluding tert-OH is 2. The largest absolute Gasteiger partial charge is 0.394 e. The van der Waals surface area contributed by atoms with E-state index in [9.17, 15) is 10.2 Å². The second-order valence-electron chi connectivity index (χ2n) is 5.56. The molecule has 4 nitrogen and oxygen atoms in total. The van der Waals surface area contributed by atoms with Crippen LogP contribution in [0.2, 0.25) is 0 Å². The maximum Gasteiger partial charge on any atom is 0.139 e. The van der Waals surface area contributed by atoms with E-state index in [1.807, 2.05) is 0 Å². The minimum Gasteiger partial charge on any atom is -0.394 e. The van der Waals surface area contributed by atoms with Gasteiger partial charge >= 0.3 is 0 Å². The molecule has 2 rings (SSSR count). The van der Waals surface area contributed by atoms with Crippen molar-refractivity contribution in [2.45, 2.75) is 43.5 Å². The first-order valence-corrected chi connectivity index (χ1v) is 6.66. The second-order valence-corrected chi connectivity index (χ2v) is 5.56. The summed E-state index contributed by atoms with van der Waals surface area (Å²) >= 11 is 0. The first kappa shape index (κ1) is 13.4. The molecule has 0 spiro atoms. The number of hydrogen-bond donors (Lipinski definition) is 2. The van der Waals surface area contributed by atoms with Crippen LogP contribution in [-0.4, -0.2) is 63.3 Å². The van der Waals surface area contributed by atoms with E-state index in [-0.39, 0.29) is 37.4 Å². The summed E-state index contributed by atoms with van der Waals surface area (Å²) in [4.78, 5) is 0. The van der Waals surface area contributed by atoms with Crippen LogP contribution in [-0.2, 0) is 9.47 Å². The van der Waals surface area contributed by atoms with Crippen molar-refractivity contribution in [1.82, 2.24) is 0 Å². The zero-order valence-electron chi connectivity index (χ0n) is 10.7. The fraction of sp³-hybridized carbons (Fsp3) is 1.00. The van der Waals surface area contributed by atoms with E-state index in [0.717, 1.165) is 19.3 Å². The van der Waals surface area contributed by atoms with Crippen LogP contribution in [0.4, 0.5) is 0 Å². The van der Waals surface area contributed by atoms with Crippen molar-refractivity contribution in [3.8, 4) is 0 Å².